The lowest BCUT2D eigenvalue weighted by Crippen LogP contribution is -2.44. The predicted octanol–water partition coefficient (Wildman–Crippen LogP) is 2.73. The number of anilines is 2. The zero-order valence-corrected chi connectivity index (χ0v) is 13.4. The topological polar surface area (TPSA) is 72.9 Å². The molecule has 0 saturated carbocycles. The molecule has 1 fully saturated rings. The highest BCUT2D eigenvalue weighted by molar-refractivity contribution is 6.31. The Balaban J connectivity index is 2.11. The lowest BCUT2D eigenvalue weighted by Gasteiger charge is -2.31. The van der Waals surface area contributed by atoms with E-state index in [9.17, 15) is 9.59 Å². The fourth-order valence-electron chi connectivity index (χ4n) is 2.56. The molecule has 1 unspecified atom stereocenters. The molecule has 0 bridgehead atoms. The highest BCUT2D eigenvalue weighted by atomic mass is 35.5. The normalized spacial score (nSPS) is 18.0. The van der Waals surface area contributed by atoms with Gasteiger partial charge in [-0.15, -0.1) is 0 Å². The molecule has 6 nitrogen and oxygen atoms in total. The van der Waals surface area contributed by atoms with Gasteiger partial charge in [-0.25, -0.2) is 4.79 Å². The van der Waals surface area contributed by atoms with Crippen LogP contribution in [0, 0.1) is 5.92 Å². The number of piperidine rings is 1. The van der Waals surface area contributed by atoms with E-state index in [1.807, 2.05) is 25.1 Å². The van der Waals surface area contributed by atoms with E-state index in [1.165, 1.54) is 0 Å². The van der Waals surface area contributed by atoms with Crippen molar-refractivity contribution >= 4 is 35.0 Å². The highest BCUT2D eigenvalue weighted by Gasteiger charge is 2.28. The number of amides is 2. The molecule has 0 spiro atoms. The van der Waals surface area contributed by atoms with Crippen molar-refractivity contribution in [3.05, 3.63) is 23.2 Å². The van der Waals surface area contributed by atoms with Gasteiger partial charge in [0, 0.05) is 32.2 Å². The number of likely N-dealkylation sites (tertiary alicyclic amines) is 1. The summed E-state index contributed by atoms with van der Waals surface area (Å²) < 4.78 is 0. The Kier molecular flexibility index (Phi) is 5.13. The van der Waals surface area contributed by atoms with Crippen LogP contribution >= 0.6 is 11.6 Å². The van der Waals surface area contributed by atoms with Crippen molar-refractivity contribution in [2.75, 3.05) is 37.4 Å². The van der Waals surface area contributed by atoms with E-state index in [0.717, 1.165) is 5.69 Å². The number of halogens is 1. The van der Waals surface area contributed by atoms with E-state index < -0.39 is 11.9 Å². The zero-order valence-electron chi connectivity index (χ0n) is 12.7. The first-order valence-corrected chi connectivity index (χ1v) is 7.52. The maximum absolute atomic E-state index is 12.4. The summed E-state index contributed by atoms with van der Waals surface area (Å²) in [4.78, 5) is 26.9. The Morgan fingerprint density at radius 2 is 2.14 bits per heavy atom. The third kappa shape index (κ3) is 3.82. The lowest BCUT2D eigenvalue weighted by atomic mass is 9.99. The van der Waals surface area contributed by atoms with Gasteiger partial charge >= 0.3 is 12.0 Å². The van der Waals surface area contributed by atoms with Gasteiger partial charge in [0.25, 0.3) is 0 Å². The zero-order chi connectivity index (χ0) is 16.3. The van der Waals surface area contributed by atoms with Gasteiger partial charge < -0.3 is 20.2 Å². The van der Waals surface area contributed by atoms with Gasteiger partial charge in [0.15, 0.2) is 0 Å². The maximum atomic E-state index is 12.4. The van der Waals surface area contributed by atoms with Gasteiger partial charge in [0.1, 0.15) is 0 Å². The molecular formula is C15H20ClN3O3. The minimum atomic E-state index is -0.853. The molecular weight excluding hydrogens is 306 g/mol. The van der Waals surface area contributed by atoms with Gasteiger partial charge in [-0.05, 0) is 31.0 Å². The average molecular weight is 326 g/mol. The second-order valence-corrected chi connectivity index (χ2v) is 6.05. The SMILES string of the molecule is CN(C)c1ccc(Cl)cc1NC(=O)N1CCCC(C(=O)O)C1. The summed E-state index contributed by atoms with van der Waals surface area (Å²) in [5, 5.41) is 12.5. The van der Waals surface area contributed by atoms with E-state index in [4.69, 9.17) is 16.7 Å². The molecule has 7 heteroatoms. The average Bonchev–Trinajstić information content (AvgIpc) is 2.47. The number of carbonyl (C=O) groups is 2. The van der Waals surface area contributed by atoms with Gasteiger partial charge in [-0.1, -0.05) is 11.6 Å². The fraction of sp³-hybridized carbons (Fsp3) is 0.467. The molecule has 2 N–H and O–H groups in total. The minimum Gasteiger partial charge on any atom is -0.481 e. The number of aliphatic carboxylic acids is 1. The van der Waals surface area contributed by atoms with Crippen molar-refractivity contribution in [2.45, 2.75) is 12.8 Å². The van der Waals surface area contributed by atoms with Gasteiger partial charge in [-0.3, -0.25) is 4.79 Å². The largest absolute Gasteiger partial charge is 0.481 e. The van der Waals surface area contributed by atoms with Gasteiger partial charge in [0.2, 0.25) is 0 Å². The van der Waals surface area contributed by atoms with Crippen molar-refractivity contribution in [3.63, 3.8) is 0 Å². The standard InChI is InChI=1S/C15H20ClN3O3/c1-18(2)13-6-5-11(16)8-12(13)17-15(22)19-7-3-4-10(9-19)14(20)21/h5-6,8,10H,3-4,7,9H2,1-2H3,(H,17,22)(H,20,21). The maximum Gasteiger partial charge on any atom is 0.321 e. The quantitative estimate of drug-likeness (QED) is 0.896. The molecule has 1 heterocycles. The Bertz CT molecular complexity index is 577. The highest BCUT2D eigenvalue weighted by Crippen LogP contribution is 2.28. The smallest absolute Gasteiger partial charge is 0.321 e. The molecule has 1 saturated heterocycles. The number of nitrogens with one attached hydrogen (secondary N) is 1. The summed E-state index contributed by atoms with van der Waals surface area (Å²) in [6, 6.07) is 4.98. The Morgan fingerprint density at radius 3 is 2.77 bits per heavy atom. The second kappa shape index (κ2) is 6.87. The summed E-state index contributed by atoms with van der Waals surface area (Å²) in [5.74, 6) is -1.35. The van der Waals surface area contributed by atoms with Crippen LogP contribution in [0.5, 0.6) is 0 Å². The van der Waals surface area contributed by atoms with Crippen LogP contribution in [-0.2, 0) is 4.79 Å². The number of nitrogens with zero attached hydrogens (tertiary/aromatic N) is 2. The van der Waals surface area contributed by atoms with Crippen molar-refractivity contribution in [2.24, 2.45) is 5.92 Å². The third-order valence-corrected chi connectivity index (χ3v) is 3.97. The van der Waals surface area contributed by atoms with Gasteiger partial charge in [0.05, 0.1) is 17.3 Å². The van der Waals surface area contributed by atoms with E-state index in [1.54, 1.807) is 17.0 Å². The number of carboxylic acid groups (broad SMARTS) is 1. The van der Waals surface area contributed by atoms with Crippen LogP contribution in [0.25, 0.3) is 0 Å². The molecule has 0 radical (unpaired) electrons. The molecule has 1 aliphatic heterocycles. The molecule has 22 heavy (non-hydrogen) atoms. The molecule has 120 valence electrons. The van der Waals surface area contributed by atoms with Crippen LogP contribution in [-0.4, -0.2) is 49.2 Å². The number of carbonyl (C=O) groups excluding carboxylic acids is 1. The molecule has 1 aromatic carbocycles. The van der Waals surface area contributed by atoms with Crippen molar-refractivity contribution in [1.82, 2.24) is 4.90 Å². The first-order chi connectivity index (χ1) is 10.4. The van der Waals surface area contributed by atoms with E-state index in [0.29, 0.717) is 30.1 Å². The first-order valence-electron chi connectivity index (χ1n) is 7.14. The summed E-state index contributed by atoms with van der Waals surface area (Å²) in [5.41, 5.74) is 1.45. The van der Waals surface area contributed by atoms with E-state index in [-0.39, 0.29) is 12.6 Å². The molecule has 1 atom stereocenters. The third-order valence-electron chi connectivity index (χ3n) is 3.74. The number of rotatable bonds is 3. The number of hydrogen-bond acceptors (Lipinski definition) is 3. The van der Waals surface area contributed by atoms with Crippen LogP contribution in [0.15, 0.2) is 18.2 Å². The second-order valence-electron chi connectivity index (χ2n) is 5.61. The molecule has 1 aliphatic rings. The van der Waals surface area contributed by atoms with Crippen LogP contribution in [0.2, 0.25) is 5.02 Å². The fourth-order valence-corrected chi connectivity index (χ4v) is 2.73. The van der Waals surface area contributed by atoms with Crippen molar-refractivity contribution < 1.29 is 14.7 Å². The minimum absolute atomic E-state index is 0.235. The predicted molar refractivity (Wildman–Crippen MR) is 86.7 cm³/mol. The molecule has 1 aromatic rings. The Morgan fingerprint density at radius 1 is 1.41 bits per heavy atom. The molecule has 0 aliphatic carbocycles. The summed E-state index contributed by atoms with van der Waals surface area (Å²) >= 11 is 5.99. The van der Waals surface area contributed by atoms with E-state index >= 15 is 0 Å². The van der Waals surface area contributed by atoms with E-state index in [2.05, 4.69) is 5.32 Å². The number of carboxylic acids is 1. The Labute approximate surface area is 134 Å². The summed E-state index contributed by atoms with van der Waals surface area (Å²) in [6.07, 6.45) is 1.31. The summed E-state index contributed by atoms with van der Waals surface area (Å²) in [6.45, 7) is 0.798. The van der Waals surface area contributed by atoms with Crippen LogP contribution in [0.3, 0.4) is 0 Å². The molecule has 0 aromatic heterocycles. The monoisotopic (exact) mass is 325 g/mol. The van der Waals surface area contributed by atoms with Crippen LogP contribution in [0.1, 0.15) is 12.8 Å². The number of urea groups is 1. The van der Waals surface area contributed by atoms with Gasteiger partial charge in [-0.2, -0.15) is 0 Å². The molecule has 2 amide bonds. The molecule has 2 rings (SSSR count). The summed E-state index contributed by atoms with van der Waals surface area (Å²) in [7, 11) is 3.75. The first kappa shape index (κ1) is 16.4. The van der Waals surface area contributed by atoms with Crippen molar-refractivity contribution in [3.8, 4) is 0 Å². The number of benzene rings is 1. The van der Waals surface area contributed by atoms with Crippen LogP contribution < -0.4 is 10.2 Å². The Hall–Kier alpha value is -1.95. The number of hydrogen-bond donors (Lipinski definition) is 2. The lowest BCUT2D eigenvalue weighted by molar-refractivity contribution is -0.143. The van der Waals surface area contributed by atoms with Crippen molar-refractivity contribution in [1.29, 1.82) is 0 Å². The van der Waals surface area contributed by atoms with Crippen LogP contribution in [0.4, 0.5) is 16.2 Å².